The van der Waals surface area contributed by atoms with Gasteiger partial charge in [0.05, 0.1) is 17.2 Å². The molecule has 1 fully saturated rings. The number of rotatable bonds is 7. The Morgan fingerprint density at radius 2 is 1.63 bits per heavy atom. The number of ether oxygens (including phenoxy) is 2. The van der Waals surface area contributed by atoms with Gasteiger partial charge in [0.2, 0.25) is 0 Å². The zero-order chi connectivity index (χ0) is 19.1. The monoisotopic (exact) mass is 388 g/mol. The number of piperazine rings is 1. The maximum absolute atomic E-state index is 12.8. The average molecular weight is 389 g/mol. The summed E-state index contributed by atoms with van der Waals surface area (Å²) in [6, 6.07) is 14.9. The number of halogens is 1. The first-order valence-corrected chi connectivity index (χ1v) is 9.67. The molecule has 1 amide bonds. The third-order valence-corrected chi connectivity index (χ3v) is 4.89. The summed E-state index contributed by atoms with van der Waals surface area (Å²) in [5.74, 6) is 1.40. The van der Waals surface area contributed by atoms with Crippen LogP contribution in [0.1, 0.15) is 17.3 Å². The molecule has 144 valence electrons. The lowest BCUT2D eigenvalue weighted by Crippen LogP contribution is -2.49. The topological polar surface area (TPSA) is 42.0 Å². The molecule has 0 unspecified atom stereocenters. The van der Waals surface area contributed by atoms with E-state index in [1.807, 2.05) is 60.4 Å². The minimum atomic E-state index is 0.0333. The predicted octanol–water partition coefficient (Wildman–Crippen LogP) is 3.58. The predicted molar refractivity (Wildman–Crippen MR) is 107 cm³/mol. The molecule has 0 atom stereocenters. The van der Waals surface area contributed by atoms with Gasteiger partial charge >= 0.3 is 0 Å². The summed E-state index contributed by atoms with van der Waals surface area (Å²) in [5, 5.41) is 0.626. The smallest absolute Gasteiger partial charge is 0.257 e. The summed E-state index contributed by atoms with van der Waals surface area (Å²) in [6.45, 7) is 6.90. The summed E-state index contributed by atoms with van der Waals surface area (Å²) >= 11 is 6.10. The molecule has 1 aliphatic heterocycles. The van der Waals surface area contributed by atoms with E-state index in [-0.39, 0.29) is 5.91 Å². The van der Waals surface area contributed by atoms with Crippen molar-refractivity contribution in [3.05, 3.63) is 59.1 Å². The highest BCUT2D eigenvalue weighted by atomic mass is 35.5. The summed E-state index contributed by atoms with van der Waals surface area (Å²) in [7, 11) is 0. The van der Waals surface area contributed by atoms with E-state index >= 15 is 0 Å². The van der Waals surface area contributed by atoms with Gasteiger partial charge in [0.25, 0.3) is 5.91 Å². The Morgan fingerprint density at radius 3 is 2.33 bits per heavy atom. The van der Waals surface area contributed by atoms with Gasteiger partial charge in [-0.2, -0.15) is 0 Å². The van der Waals surface area contributed by atoms with Gasteiger partial charge in [-0.1, -0.05) is 35.9 Å². The van der Waals surface area contributed by atoms with Crippen molar-refractivity contribution in [2.24, 2.45) is 0 Å². The van der Waals surface area contributed by atoms with E-state index < -0.39 is 0 Å². The van der Waals surface area contributed by atoms with Gasteiger partial charge in [-0.15, -0.1) is 0 Å². The van der Waals surface area contributed by atoms with Crippen molar-refractivity contribution >= 4 is 17.5 Å². The van der Waals surface area contributed by atoms with E-state index in [2.05, 4.69) is 4.90 Å². The number of benzene rings is 2. The van der Waals surface area contributed by atoms with Crippen LogP contribution < -0.4 is 9.47 Å². The second-order valence-corrected chi connectivity index (χ2v) is 6.75. The molecule has 0 radical (unpaired) electrons. The number of hydrogen-bond donors (Lipinski definition) is 0. The van der Waals surface area contributed by atoms with Gasteiger partial charge < -0.3 is 14.4 Å². The summed E-state index contributed by atoms with van der Waals surface area (Å²) in [4.78, 5) is 17.0. The fraction of sp³-hybridized carbons (Fsp3) is 0.381. The van der Waals surface area contributed by atoms with Crippen molar-refractivity contribution in [1.29, 1.82) is 0 Å². The van der Waals surface area contributed by atoms with Crippen LogP contribution in [0.2, 0.25) is 5.02 Å². The van der Waals surface area contributed by atoms with Crippen LogP contribution in [0.5, 0.6) is 11.5 Å². The maximum Gasteiger partial charge on any atom is 0.257 e. The highest BCUT2D eigenvalue weighted by Gasteiger charge is 2.24. The molecule has 0 bridgehead atoms. The Morgan fingerprint density at radius 1 is 0.963 bits per heavy atom. The Bertz CT molecular complexity index is 761. The van der Waals surface area contributed by atoms with Crippen molar-refractivity contribution in [1.82, 2.24) is 9.80 Å². The molecule has 3 rings (SSSR count). The van der Waals surface area contributed by atoms with Gasteiger partial charge in [-0.05, 0) is 31.2 Å². The molecule has 2 aromatic rings. The first kappa shape index (κ1) is 19.5. The summed E-state index contributed by atoms with van der Waals surface area (Å²) in [6.07, 6.45) is 0. The molecule has 1 aliphatic rings. The largest absolute Gasteiger partial charge is 0.493 e. The molecule has 0 saturated carbocycles. The number of nitrogens with zero attached hydrogens (tertiary/aromatic N) is 2. The van der Waals surface area contributed by atoms with Crippen molar-refractivity contribution in [2.75, 3.05) is 45.9 Å². The zero-order valence-corrected chi connectivity index (χ0v) is 16.3. The molecular formula is C21H25ClN2O3. The van der Waals surface area contributed by atoms with Gasteiger partial charge in [-0.25, -0.2) is 0 Å². The van der Waals surface area contributed by atoms with E-state index in [0.717, 1.165) is 19.6 Å². The molecule has 1 heterocycles. The Labute approximate surface area is 165 Å². The number of amides is 1. The number of hydrogen-bond acceptors (Lipinski definition) is 4. The highest BCUT2D eigenvalue weighted by molar-refractivity contribution is 6.32. The molecule has 1 saturated heterocycles. The minimum absolute atomic E-state index is 0.0333. The lowest BCUT2D eigenvalue weighted by molar-refractivity contribution is 0.0616. The number of para-hydroxylation sites is 2. The average Bonchev–Trinajstić information content (AvgIpc) is 2.70. The van der Waals surface area contributed by atoms with Gasteiger partial charge in [0.1, 0.15) is 18.1 Å². The first-order valence-electron chi connectivity index (χ1n) is 9.30. The maximum atomic E-state index is 12.8. The normalized spacial score (nSPS) is 14.8. The van der Waals surface area contributed by atoms with Crippen LogP contribution in [0.25, 0.3) is 0 Å². The summed E-state index contributed by atoms with van der Waals surface area (Å²) in [5.41, 5.74) is 0.634. The van der Waals surface area contributed by atoms with Crippen LogP contribution in [-0.4, -0.2) is 61.6 Å². The lowest BCUT2D eigenvalue weighted by atomic mass is 10.1. The SMILES string of the molecule is CCOc1ccccc1C(=O)N1CCN(CCOc2ccccc2Cl)CC1. The van der Waals surface area contributed by atoms with E-state index in [1.54, 1.807) is 0 Å². The van der Waals surface area contributed by atoms with Crippen molar-refractivity contribution < 1.29 is 14.3 Å². The minimum Gasteiger partial charge on any atom is -0.493 e. The van der Waals surface area contributed by atoms with E-state index in [1.165, 1.54) is 0 Å². The van der Waals surface area contributed by atoms with Crippen LogP contribution in [0.15, 0.2) is 48.5 Å². The quantitative estimate of drug-likeness (QED) is 0.727. The third-order valence-electron chi connectivity index (χ3n) is 4.58. The van der Waals surface area contributed by atoms with E-state index in [4.69, 9.17) is 21.1 Å². The molecule has 0 N–H and O–H groups in total. The molecule has 5 nitrogen and oxygen atoms in total. The van der Waals surface area contributed by atoms with Crippen molar-refractivity contribution in [3.8, 4) is 11.5 Å². The van der Waals surface area contributed by atoms with Crippen LogP contribution >= 0.6 is 11.6 Å². The fourth-order valence-corrected chi connectivity index (χ4v) is 3.31. The second-order valence-electron chi connectivity index (χ2n) is 6.34. The number of carbonyl (C=O) groups is 1. The Hall–Kier alpha value is -2.24. The molecule has 0 spiro atoms. The van der Waals surface area contributed by atoms with Gasteiger partial charge in [-0.3, -0.25) is 9.69 Å². The summed E-state index contributed by atoms with van der Waals surface area (Å²) < 4.78 is 11.3. The van der Waals surface area contributed by atoms with E-state index in [9.17, 15) is 4.79 Å². The van der Waals surface area contributed by atoms with E-state index in [0.29, 0.717) is 48.4 Å². The molecule has 27 heavy (non-hydrogen) atoms. The fourth-order valence-electron chi connectivity index (χ4n) is 3.12. The molecule has 0 aliphatic carbocycles. The first-order chi connectivity index (χ1) is 13.2. The van der Waals surface area contributed by atoms with Crippen molar-refractivity contribution in [2.45, 2.75) is 6.92 Å². The van der Waals surface area contributed by atoms with Gasteiger partial charge in [0.15, 0.2) is 0 Å². The van der Waals surface area contributed by atoms with Crippen LogP contribution in [0.4, 0.5) is 0 Å². The Kier molecular flexibility index (Phi) is 6.96. The molecule has 2 aromatic carbocycles. The lowest BCUT2D eigenvalue weighted by Gasteiger charge is -2.34. The van der Waals surface area contributed by atoms with Crippen molar-refractivity contribution in [3.63, 3.8) is 0 Å². The molecule has 6 heteroatoms. The third kappa shape index (κ3) is 5.15. The van der Waals surface area contributed by atoms with Crippen LogP contribution in [-0.2, 0) is 0 Å². The molecule has 0 aromatic heterocycles. The van der Waals surface area contributed by atoms with Crippen LogP contribution in [0, 0.1) is 0 Å². The van der Waals surface area contributed by atoms with Crippen LogP contribution in [0.3, 0.4) is 0 Å². The second kappa shape index (κ2) is 9.62. The standard InChI is InChI=1S/C21H25ClN2O3/c1-2-26-19-9-5-3-7-17(19)21(25)24-13-11-23(12-14-24)15-16-27-20-10-6-4-8-18(20)22/h3-10H,2,11-16H2,1H3. The Balaban J connectivity index is 1.47. The number of carbonyl (C=O) groups excluding carboxylic acids is 1. The zero-order valence-electron chi connectivity index (χ0n) is 15.6. The molecular weight excluding hydrogens is 364 g/mol. The highest BCUT2D eigenvalue weighted by Crippen LogP contribution is 2.23. The van der Waals surface area contributed by atoms with Gasteiger partial charge in [0, 0.05) is 32.7 Å².